The maximum absolute atomic E-state index is 11.2. The molecule has 0 saturated heterocycles. The molecule has 0 unspecified atom stereocenters. The Bertz CT molecular complexity index is 1030. The van der Waals surface area contributed by atoms with Crippen molar-refractivity contribution in [2.24, 2.45) is 0 Å². The molecule has 1 aromatic heterocycles. The van der Waals surface area contributed by atoms with E-state index in [1.807, 2.05) is 18.2 Å². The summed E-state index contributed by atoms with van der Waals surface area (Å²) in [5.41, 5.74) is 2.13. The molecule has 10 heteroatoms. The highest BCUT2D eigenvalue weighted by atomic mass is 35.5. The highest BCUT2D eigenvalue weighted by Crippen LogP contribution is 2.35. The van der Waals surface area contributed by atoms with E-state index in [4.69, 9.17) is 23.2 Å². The van der Waals surface area contributed by atoms with Crippen molar-refractivity contribution in [3.05, 3.63) is 79.8 Å². The van der Waals surface area contributed by atoms with Gasteiger partial charge in [0.1, 0.15) is 11.1 Å². The maximum atomic E-state index is 11.2. The van der Waals surface area contributed by atoms with E-state index < -0.39 is 11.0 Å². The number of tetrazole rings is 1. The van der Waals surface area contributed by atoms with Crippen LogP contribution in [0.4, 0.5) is 11.6 Å². The molecule has 26 heavy (non-hydrogen) atoms. The lowest BCUT2D eigenvalue weighted by molar-refractivity contribution is -0.384. The van der Waals surface area contributed by atoms with E-state index in [-0.39, 0.29) is 10.7 Å². The van der Waals surface area contributed by atoms with Gasteiger partial charge in [-0.25, -0.2) is 0 Å². The van der Waals surface area contributed by atoms with Crippen LogP contribution < -0.4 is 5.32 Å². The summed E-state index contributed by atoms with van der Waals surface area (Å²) in [6.07, 6.45) is 1.89. The zero-order chi connectivity index (χ0) is 18.3. The van der Waals surface area contributed by atoms with Crippen LogP contribution in [0.25, 0.3) is 5.70 Å². The zero-order valence-corrected chi connectivity index (χ0v) is 14.5. The van der Waals surface area contributed by atoms with Crippen LogP contribution in [0, 0.1) is 10.1 Å². The molecule has 1 atom stereocenters. The minimum Gasteiger partial charge on any atom is -0.323 e. The Kier molecular flexibility index (Phi) is 4.06. The minimum atomic E-state index is -0.517. The van der Waals surface area contributed by atoms with Crippen LogP contribution in [0.15, 0.2) is 48.5 Å². The third-order valence-corrected chi connectivity index (χ3v) is 4.56. The van der Waals surface area contributed by atoms with Gasteiger partial charge in [-0.05, 0) is 45.8 Å². The second-order valence-corrected chi connectivity index (χ2v) is 6.42. The Labute approximate surface area is 157 Å². The first-order chi connectivity index (χ1) is 12.5. The highest BCUT2D eigenvalue weighted by Gasteiger charge is 2.26. The van der Waals surface area contributed by atoms with E-state index in [1.54, 1.807) is 22.9 Å². The van der Waals surface area contributed by atoms with Gasteiger partial charge in [-0.3, -0.25) is 10.1 Å². The Morgan fingerprint density at radius 3 is 2.65 bits per heavy atom. The Balaban J connectivity index is 1.82. The van der Waals surface area contributed by atoms with Crippen LogP contribution >= 0.6 is 23.2 Å². The third kappa shape index (κ3) is 2.89. The molecule has 0 bridgehead atoms. The molecule has 2 heterocycles. The summed E-state index contributed by atoms with van der Waals surface area (Å²) in [4.78, 5) is 10.7. The number of nitrogens with zero attached hydrogens (tertiary/aromatic N) is 5. The number of hydrogen-bond acceptors (Lipinski definition) is 6. The molecule has 0 aliphatic carbocycles. The van der Waals surface area contributed by atoms with Gasteiger partial charge >= 0.3 is 0 Å². The second kappa shape index (κ2) is 6.40. The maximum Gasteiger partial charge on any atom is 0.288 e. The summed E-state index contributed by atoms with van der Waals surface area (Å²) in [6.45, 7) is 0. The normalized spacial score (nSPS) is 15.8. The molecule has 0 saturated carbocycles. The Morgan fingerprint density at radius 1 is 1.15 bits per heavy atom. The van der Waals surface area contributed by atoms with Gasteiger partial charge in [0.05, 0.1) is 4.92 Å². The topological polar surface area (TPSA) is 98.8 Å². The monoisotopic (exact) mass is 388 g/mol. The van der Waals surface area contributed by atoms with E-state index in [9.17, 15) is 10.1 Å². The number of nitrogens with one attached hydrogen (secondary N) is 1. The van der Waals surface area contributed by atoms with Crippen LogP contribution in [0.1, 0.15) is 17.2 Å². The smallest absolute Gasteiger partial charge is 0.288 e. The molecule has 0 radical (unpaired) electrons. The highest BCUT2D eigenvalue weighted by molar-refractivity contribution is 6.32. The number of allylic oxidation sites excluding steroid dienone is 1. The summed E-state index contributed by atoms with van der Waals surface area (Å²) in [5, 5.41) is 26.7. The lowest BCUT2D eigenvalue weighted by atomic mass is 10.0. The number of benzene rings is 2. The van der Waals surface area contributed by atoms with Gasteiger partial charge in [0.25, 0.3) is 5.69 Å². The standard InChI is InChI=1S/C16H10Cl2N6O2/c17-11-4-1-9(2-5-11)13-8-14(23-16(19-13)20-21-22-23)10-3-6-12(18)15(7-10)24(25)26/h1-8,14H,(H,19,20,22)/t14-/m0/s1. The first-order valence-electron chi connectivity index (χ1n) is 7.49. The molecule has 1 aliphatic heterocycles. The number of nitro groups is 1. The summed E-state index contributed by atoms with van der Waals surface area (Å²) < 4.78 is 1.55. The van der Waals surface area contributed by atoms with Crippen LogP contribution in [0.5, 0.6) is 0 Å². The largest absolute Gasteiger partial charge is 0.323 e. The SMILES string of the molecule is O=[N+]([O-])c1cc([C@@H]2C=C(c3ccc(Cl)cc3)Nc3nnnn32)ccc1Cl. The van der Waals surface area contributed by atoms with E-state index in [1.165, 1.54) is 12.1 Å². The fraction of sp³-hybridized carbons (Fsp3) is 0.0625. The van der Waals surface area contributed by atoms with Crippen molar-refractivity contribution in [3.63, 3.8) is 0 Å². The van der Waals surface area contributed by atoms with Crippen LogP contribution in [0.2, 0.25) is 10.0 Å². The number of anilines is 1. The average Bonchev–Trinajstić information content (AvgIpc) is 3.10. The number of hydrogen-bond donors (Lipinski definition) is 1. The van der Waals surface area contributed by atoms with Crippen LogP contribution in [0.3, 0.4) is 0 Å². The van der Waals surface area contributed by atoms with Gasteiger partial charge in [0.15, 0.2) is 0 Å². The summed E-state index contributed by atoms with van der Waals surface area (Å²) in [5.74, 6) is 0.431. The van der Waals surface area contributed by atoms with Gasteiger partial charge in [0, 0.05) is 16.8 Å². The summed E-state index contributed by atoms with van der Waals surface area (Å²) in [7, 11) is 0. The lowest BCUT2D eigenvalue weighted by Gasteiger charge is -2.23. The Hall–Kier alpha value is -2.97. The molecule has 130 valence electrons. The van der Waals surface area contributed by atoms with E-state index >= 15 is 0 Å². The predicted molar refractivity (Wildman–Crippen MR) is 97.1 cm³/mol. The van der Waals surface area contributed by atoms with Crippen molar-refractivity contribution < 1.29 is 4.92 Å². The van der Waals surface area contributed by atoms with Gasteiger partial charge in [-0.2, -0.15) is 4.68 Å². The number of halogens is 2. The van der Waals surface area contributed by atoms with E-state index in [0.29, 0.717) is 16.5 Å². The van der Waals surface area contributed by atoms with Crippen molar-refractivity contribution in [3.8, 4) is 0 Å². The number of rotatable bonds is 3. The summed E-state index contributed by atoms with van der Waals surface area (Å²) in [6, 6.07) is 11.5. The summed E-state index contributed by atoms with van der Waals surface area (Å²) >= 11 is 11.9. The first-order valence-corrected chi connectivity index (χ1v) is 8.25. The van der Waals surface area contributed by atoms with Crippen molar-refractivity contribution >= 4 is 40.5 Å². The van der Waals surface area contributed by atoms with Crippen molar-refractivity contribution in [2.45, 2.75) is 6.04 Å². The molecule has 0 fully saturated rings. The molecule has 4 rings (SSSR count). The number of aromatic nitrogens is 4. The van der Waals surface area contributed by atoms with Gasteiger partial charge < -0.3 is 5.32 Å². The van der Waals surface area contributed by atoms with Gasteiger partial charge in [-0.1, -0.05) is 46.5 Å². The molecular formula is C16H10Cl2N6O2. The third-order valence-electron chi connectivity index (χ3n) is 3.99. The molecule has 0 spiro atoms. The van der Waals surface area contributed by atoms with Crippen molar-refractivity contribution in [2.75, 3.05) is 5.32 Å². The van der Waals surface area contributed by atoms with Crippen LogP contribution in [-0.4, -0.2) is 25.1 Å². The molecule has 8 nitrogen and oxygen atoms in total. The molecule has 3 aromatic rings. The Morgan fingerprint density at radius 2 is 1.92 bits per heavy atom. The zero-order valence-electron chi connectivity index (χ0n) is 13.0. The molecule has 0 amide bonds. The predicted octanol–water partition coefficient (Wildman–Crippen LogP) is 3.94. The van der Waals surface area contributed by atoms with Crippen molar-refractivity contribution in [1.82, 2.24) is 20.2 Å². The minimum absolute atomic E-state index is 0.0755. The number of nitro benzene ring substituents is 1. The van der Waals surface area contributed by atoms with E-state index in [0.717, 1.165) is 11.3 Å². The quantitative estimate of drug-likeness (QED) is 0.538. The van der Waals surface area contributed by atoms with E-state index in [2.05, 4.69) is 20.8 Å². The van der Waals surface area contributed by atoms with Crippen molar-refractivity contribution in [1.29, 1.82) is 0 Å². The molecule has 1 N–H and O–H groups in total. The van der Waals surface area contributed by atoms with Crippen LogP contribution in [-0.2, 0) is 0 Å². The first kappa shape index (κ1) is 16.5. The molecular weight excluding hydrogens is 379 g/mol. The lowest BCUT2D eigenvalue weighted by Crippen LogP contribution is -2.20. The fourth-order valence-electron chi connectivity index (χ4n) is 2.74. The molecule has 2 aromatic carbocycles. The fourth-order valence-corrected chi connectivity index (χ4v) is 3.06. The molecule has 1 aliphatic rings. The van der Waals surface area contributed by atoms with Gasteiger partial charge in [-0.15, -0.1) is 0 Å². The van der Waals surface area contributed by atoms with Gasteiger partial charge in [0.2, 0.25) is 5.95 Å². The second-order valence-electron chi connectivity index (χ2n) is 5.57. The number of fused-ring (bicyclic) bond motifs is 1. The average molecular weight is 389 g/mol.